The molecular formula is C16H22N2S. The molecule has 2 rings (SSSR count). The molecule has 1 aromatic carbocycles. The summed E-state index contributed by atoms with van der Waals surface area (Å²) in [4.78, 5) is 5.14. The van der Waals surface area contributed by atoms with E-state index in [-0.39, 0.29) is 0 Å². The molecule has 1 aromatic heterocycles. The van der Waals surface area contributed by atoms with Crippen LogP contribution in [0, 0.1) is 13.8 Å². The highest BCUT2D eigenvalue weighted by Gasteiger charge is 2.08. The smallest absolute Gasteiger partial charge is 0.0437 e. The zero-order chi connectivity index (χ0) is 13.8. The van der Waals surface area contributed by atoms with Gasteiger partial charge in [-0.25, -0.2) is 0 Å². The van der Waals surface area contributed by atoms with Crippen molar-refractivity contribution in [3.05, 3.63) is 51.2 Å². The van der Waals surface area contributed by atoms with Gasteiger partial charge in [-0.3, -0.25) is 0 Å². The lowest BCUT2D eigenvalue weighted by atomic mass is 10.2. The van der Waals surface area contributed by atoms with Crippen molar-refractivity contribution < 1.29 is 0 Å². The topological polar surface area (TPSA) is 15.3 Å². The van der Waals surface area contributed by atoms with Crippen LogP contribution in [-0.2, 0) is 13.1 Å². The predicted molar refractivity (Wildman–Crippen MR) is 85.1 cm³/mol. The number of anilines is 1. The molecule has 1 heterocycles. The van der Waals surface area contributed by atoms with Gasteiger partial charge in [0, 0.05) is 35.6 Å². The number of nitrogens with one attached hydrogen (secondary N) is 1. The largest absolute Gasteiger partial charge is 0.370 e. The Balaban J connectivity index is 2.12. The molecule has 2 aromatic rings. The van der Waals surface area contributed by atoms with Crippen molar-refractivity contribution in [2.24, 2.45) is 0 Å². The molecule has 0 saturated heterocycles. The van der Waals surface area contributed by atoms with Gasteiger partial charge in [0.05, 0.1) is 0 Å². The molecule has 3 heteroatoms. The van der Waals surface area contributed by atoms with E-state index in [4.69, 9.17) is 0 Å². The maximum Gasteiger partial charge on any atom is 0.0437 e. The van der Waals surface area contributed by atoms with Gasteiger partial charge in [-0.15, -0.1) is 11.3 Å². The fourth-order valence-electron chi connectivity index (χ4n) is 2.22. The number of hydrogen-bond acceptors (Lipinski definition) is 3. The third-order valence-electron chi connectivity index (χ3n) is 3.27. The molecule has 0 unspecified atom stereocenters. The summed E-state index contributed by atoms with van der Waals surface area (Å²) in [5.74, 6) is 0. The fourth-order valence-corrected chi connectivity index (χ4v) is 3.28. The predicted octanol–water partition coefficient (Wildman–Crippen LogP) is 3.72. The highest BCUT2D eigenvalue weighted by molar-refractivity contribution is 7.12. The van der Waals surface area contributed by atoms with Crippen LogP contribution in [0.2, 0.25) is 0 Å². The van der Waals surface area contributed by atoms with E-state index in [1.54, 1.807) is 0 Å². The van der Waals surface area contributed by atoms with Crippen molar-refractivity contribution in [2.75, 3.05) is 19.0 Å². The zero-order valence-corrected chi connectivity index (χ0v) is 13.0. The van der Waals surface area contributed by atoms with Crippen molar-refractivity contribution >= 4 is 17.0 Å². The van der Waals surface area contributed by atoms with E-state index in [1.807, 2.05) is 18.4 Å². The summed E-state index contributed by atoms with van der Waals surface area (Å²) in [5, 5.41) is 3.21. The maximum atomic E-state index is 3.21. The molecule has 19 heavy (non-hydrogen) atoms. The van der Waals surface area contributed by atoms with Gasteiger partial charge < -0.3 is 10.2 Å². The van der Waals surface area contributed by atoms with Gasteiger partial charge in [0.2, 0.25) is 0 Å². The molecule has 0 bridgehead atoms. The molecule has 0 spiro atoms. The summed E-state index contributed by atoms with van der Waals surface area (Å²) >= 11 is 1.89. The van der Waals surface area contributed by atoms with Crippen LogP contribution in [-0.4, -0.2) is 14.1 Å². The first-order chi connectivity index (χ1) is 9.10. The Labute approximate surface area is 120 Å². The lowest BCUT2D eigenvalue weighted by Crippen LogP contribution is -2.16. The Morgan fingerprint density at radius 1 is 1.21 bits per heavy atom. The van der Waals surface area contributed by atoms with Crippen LogP contribution in [0.1, 0.15) is 20.9 Å². The Kier molecular flexibility index (Phi) is 4.61. The number of nitrogens with zero attached hydrogens (tertiary/aromatic N) is 1. The Morgan fingerprint density at radius 2 is 2.00 bits per heavy atom. The first kappa shape index (κ1) is 14.1. The minimum atomic E-state index is 0.958. The second-order valence-corrected chi connectivity index (χ2v) is 6.36. The normalized spacial score (nSPS) is 10.7. The summed E-state index contributed by atoms with van der Waals surface area (Å²) in [6, 6.07) is 11.0. The van der Waals surface area contributed by atoms with Gasteiger partial charge in [0.15, 0.2) is 0 Å². The zero-order valence-electron chi connectivity index (χ0n) is 12.2. The number of benzene rings is 1. The highest BCUT2D eigenvalue weighted by atomic mass is 32.1. The first-order valence-corrected chi connectivity index (χ1v) is 7.42. The molecule has 0 atom stereocenters. The summed E-state index contributed by atoms with van der Waals surface area (Å²) in [6.45, 7) is 6.27. The van der Waals surface area contributed by atoms with Crippen LogP contribution >= 0.6 is 11.3 Å². The molecule has 0 saturated carbocycles. The SMILES string of the molecule is CNCc1cc(CN(C)c2cccc(C)c2)c(C)s1. The van der Waals surface area contributed by atoms with Gasteiger partial charge in [0.25, 0.3) is 0 Å². The van der Waals surface area contributed by atoms with Crippen molar-refractivity contribution in [3.8, 4) is 0 Å². The number of aryl methyl sites for hydroxylation is 2. The summed E-state index contributed by atoms with van der Waals surface area (Å²) in [7, 11) is 4.15. The average Bonchev–Trinajstić information content (AvgIpc) is 2.70. The Hall–Kier alpha value is -1.32. The standard InChI is InChI=1S/C16H22N2S/c1-12-6-5-7-15(8-12)18(4)11-14-9-16(10-17-3)19-13(14)2/h5-9,17H,10-11H2,1-4H3. The van der Waals surface area contributed by atoms with E-state index in [0.717, 1.165) is 13.1 Å². The molecule has 0 aliphatic heterocycles. The third kappa shape index (κ3) is 3.58. The second-order valence-electron chi connectivity index (χ2n) is 5.02. The van der Waals surface area contributed by atoms with E-state index in [9.17, 15) is 0 Å². The minimum absolute atomic E-state index is 0.958. The Morgan fingerprint density at radius 3 is 2.68 bits per heavy atom. The van der Waals surface area contributed by atoms with Crippen LogP contribution in [0.4, 0.5) is 5.69 Å². The minimum Gasteiger partial charge on any atom is -0.370 e. The summed E-state index contributed by atoms with van der Waals surface area (Å²) in [6.07, 6.45) is 0. The second kappa shape index (κ2) is 6.22. The first-order valence-electron chi connectivity index (χ1n) is 6.60. The van der Waals surface area contributed by atoms with E-state index in [0.29, 0.717) is 0 Å². The van der Waals surface area contributed by atoms with Crippen LogP contribution in [0.5, 0.6) is 0 Å². The van der Waals surface area contributed by atoms with Crippen molar-refractivity contribution in [2.45, 2.75) is 26.9 Å². The van der Waals surface area contributed by atoms with Gasteiger partial charge in [-0.1, -0.05) is 12.1 Å². The number of thiophene rings is 1. The molecule has 0 aliphatic carbocycles. The molecule has 0 aliphatic rings. The van der Waals surface area contributed by atoms with E-state index in [2.05, 4.69) is 61.4 Å². The molecule has 0 fully saturated rings. The molecule has 2 nitrogen and oxygen atoms in total. The van der Waals surface area contributed by atoms with Gasteiger partial charge in [-0.2, -0.15) is 0 Å². The fraction of sp³-hybridized carbons (Fsp3) is 0.375. The summed E-state index contributed by atoms with van der Waals surface area (Å²) < 4.78 is 0. The van der Waals surface area contributed by atoms with Crippen molar-refractivity contribution in [1.29, 1.82) is 0 Å². The van der Waals surface area contributed by atoms with Crippen LogP contribution in [0.25, 0.3) is 0 Å². The van der Waals surface area contributed by atoms with Crippen molar-refractivity contribution in [1.82, 2.24) is 5.32 Å². The van der Waals surface area contributed by atoms with Gasteiger partial charge in [-0.05, 0) is 50.2 Å². The monoisotopic (exact) mass is 274 g/mol. The van der Waals surface area contributed by atoms with E-state index < -0.39 is 0 Å². The highest BCUT2D eigenvalue weighted by Crippen LogP contribution is 2.24. The Bertz CT molecular complexity index is 545. The van der Waals surface area contributed by atoms with E-state index in [1.165, 1.54) is 26.6 Å². The summed E-state index contributed by atoms with van der Waals surface area (Å²) in [5.41, 5.74) is 4.02. The van der Waals surface area contributed by atoms with Crippen molar-refractivity contribution in [3.63, 3.8) is 0 Å². The van der Waals surface area contributed by atoms with Crippen LogP contribution in [0.3, 0.4) is 0 Å². The van der Waals surface area contributed by atoms with Crippen LogP contribution < -0.4 is 10.2 Å². The van der Waals surface area contributed by atoms with Gasteiger partial charge in [0.1, 0.15) is 0 Å². The third-order valence-corrected chi connectivity index (χ3v) is 4.37. The molecular weight excluding hydrogens is 252 g/mol. The quantitative estimate of drug-likeness (QED) is 0.894. The molecule has 0 radical (unpaired) electrons. The lowest BCUT2D eigenvalue weighted by Gasteiger charge is -2.19. The molecule has 102 valence electrons. The van der Waals surface area contributed by atoms with Gasteiger partial charge >= 0.3 is 0 Å². The van der Waals surface area contributed by atoms with Crippen LogP contribution in [0.15, 0.2) is 30.3 Å². The van der Waals surface area contributed by atoms with E-state index >= 15 is 0 Å². The molecule has 0 amide bonds. The lowest BCUT2D eigenvalue weighted by molar-refractivity contribution is 0.829. The number of hydrogen-bond donors (Lipinski definition) is 1. The maximum absolute atomic E-state index is 3.21. The average molecular weight is 274 g/mol. The molecule has 1 N–H and O–H groups in total. The number of rotatable bonds is 5.